The number of amides is 1. The van der Waals surface area contributed by atoms with Crippen LogP contribution in [0.2, 0.25) is 5.02 Å². The summed E-state index contributed by atoms with van der Waals surface area (Å²) in [6, 6.07) is 3.39. The molecule has 3 heterocycles. The third-order valence-corrected chi connectivity index (χ3v) is 7.48. The predicted molar refractivity (Wildman–Crippen MR) is 165 cm³/mol. The Morgan fingerprint density at radius 2 is 1.83 bits per heavy atom. The number of halogens is 2. The van der Waals surface area contributed by atoms with Crippen molar-refractivity contribution in [1.29, 1.82) is 0 Å². The smallest absolute Gasteiger partial charge is 0.407 e. The summed E-state index contributed by atoms with van der Waals surface area (Å²) in [5.41, 5.74) is 7.73. The number of carbonyl (C=O) groups excluding carboxylic acids is 1. The molecule has 13 heteroatoms. The summed E-state index contributed by atoms with van der Waals surface area (Å²) in [6.07, 6.45) is 3.75. The highest BCUT2D eigenvalue weighted by Crippen LogP contribution is 2.34. The average Bonchev–Trinajstić information content (AvgIpc) is 3.38. The molecule has 1 amide bonds. The van der Waals surface area contributed by atoms with Crippen molar-refractivity contribution >= 4 is 40.6 Å². The molecule has 0 radical (unpaired) electrons. The lowest BCUT2D eigenvalue weighted by Gasteiger charge is -2.34. The first kappa shape index (κ1) is 33.3. The van der Waals surface area contributed by atoms with E-state index in [1.165, 1.54) is 19.3 Å². The molecule has 0 spiro atoms. The molecule has 1 aliphatic carbocycles. The number of piperazine rings is 1. The van der Waals surface area contributed by atoms with Crippen LogP contribution in [0.5, 0.6) is 0 Å². The second-order valence-corrected chi connectivity index (χ2v) is 10.9. The lowest BCUT2D eigenvalue weighted by molar-refractivity contribution is -0.0205. The Kier molecular flexibility index (Phi) is 12.1. The Morgan fingerprint density at radius 1 is 1.17 bits per heavy atom. The number of hydrogen-bond acceptors (Lipinski definition) is 9. The molecule has 2 unspecified atom stereocenters. The molecule has 1 saturated heterocycles. The SMILES string of the molecule is CC.CC(C)n1c(N2CCN(C)CC2)nc2c(F)cc(-c3nc(N)ncc3Cl)cc21.CNC(=O)OC1CCCCC1O. The number of nitrogens with two attached hydrogens (primary N) is 1. The highest BCUT2D eigenvalue weighted by atomic mass is 35.5. The zero-order valence-electron chi connectivity index (χ0n) is 25.4. The Hall–Kier alpha value is -3.22. The van der Waals surface area contributed by atoms with E-state index < -0.39 is 18.0 Å². The highest BCUT2D eigenvalue weighted by Gasteiger charge is 2.26. The quantitative estimate of drug-likeness (QED) is 0.380. The number of benzene rings is 1. The van der Waals surface area contributed by atoms with Gasteiger partial charge in [0.25, 0.3) is 0 Å². The van der Waals surface area contributed by atoms with Gasteiger partial charge in [-0.1, -0.05) is 31.9 Å². The third-order valence-electron chi connectivity index (χ3n) is 7.20. The van der Waals surface area contributed by atoms with Gasteiger partial charge in [-0.25, -0.2) is 24.1 Å². The van der Waals surface area contributed by atoms with Crippen LogP contribution in [-0.4, -0.2) is 88.1 Å². The van der Waals surface area contributed by atoms with Gasteiger partial charge >= 0.3 is 6.09 Å². The standard InChI is InChI=1S/C19H23ClFN7.C8H15NO3.C2H6/c1-11(2)28-15-9-12(16-13(20)10-23-18(22)24-16)8-14(21)17(15)25-19(28)27-6-4-26(3)5-7-27;1-9-8(11)12-7-5-3-2-4-6(7)10;1-2/h8-11H,4-7H2,1-3H3,(H2,22,23,24);6-7,10H,2-5H2,1H3,(H,9,11);1-2H3. The van der Waals surface area contributed by atoms with Gasteiger partial charge in [0.2, 0.25) is 11.9 Å². The molecule has 2 aliphatic rings. The first-order valence-electron chi connectivity index (χ1n) is 14.6. The van der Waals surface area contributed by atoms with E-state index in [0.717, 1.165) is 57.8 Å². The van der Waals surface area contributed by atoms with Gasteiger partial charge in [-0.3, -0.25) is 0 Å². The molecule has 2 atom stereocenters. The van der Waals surface area contributed by atoms with Crippen molar-refractivity contribution in [3.05, 3.63) is 29.2 Å². The normalized spacial score (nSPS) is 19.0. The average molecular weight is 607 g/mol. The fraction of sp³-hybridized carbons (Fsp3) is 0.586. The van der Waals surface area contributed by atoms with Crippen LogP contribution in [-0.2, 0) is 4.74 Å². The molecule has 5 rings (SSSR count). The monoisotopic (exact) mass is 606 g/mol. The maximum absolute atomic E-state index is 15.0. The second-order valence-electron chi connectivity index (χ2n) is 10.5. The number of imidazole rings is 1. The fourth-order valence-corrected chi connectivity index (χ4v) is 5.21. The van der Waals surface area contributed by atoms with Gasteiger partial charge in [-0.15, -0.1) is 0 Å². The molecule has 1 saturated carbocycles. The van der Waals surface area contributed by atoms with E-state index in [1.54, 1.807) is 0 Å². The van der Waals surface area contributed by atoms with Crippen LogP contribution in [0.25, 0.3) is 22.3 Å². The Balaban J connectivity index is 0.000000290. The maximum Gasteiger partial charge on any atom is 0.407 e. The Morgan fingerprint density at radius 3 is 2.45 bits per heavy atom. The summed E-state index contributed by atoms with van der Waals surface area (Å²) in [5.74, 6) is 0.480. The Labute approximate surface area is 252 Å². The third kappa shape index (κ3) is 7.99. The van der Waals surface area contributed by atoms with Gasteiger partial charge in [0, 0.05) is 44.8 Å². The number of nitrogens with zero attached hydrogens (tertiary/aromatic N) is 6. The summed E-state index contributed by atoms with van der Waals surface area (Å²) < 4.78 is 22.1. The van der Waals surface area contributed by atoms with E-state index in [9.17, 15) is 9.90 Å². The van der Waals surface area contributed by atoms with Crippen LogP contribution < -0.4 is 16.0 Å². The molecule has 0 bridgehead atoms. The van der Waals surface area contributed by atoms with Crippen LogP contribution in [0.15, 0.2) is 18.3 Å². The largest absolute Gasteiger partial charge is 0.443 e. The lowest BCUT2D eigenvalue weighted by Crippen LogP contribution is -2.45. The number of hydrogen-bond donors (Lipinski definition) is 3. The molecular formula is C29H44ClFN8O3. The maximum atomic E-state index is 15.0. The minimum absolute atomic E-state index is 0.0930. The Bertz CT molecular complexity index is 1330. The first-order chi connectivity index (χ1) is 20.1. The summed E-state index contributed by atoms with van der Waals surface area (Å²) >= 11 is 6.24. The van der Waals surface area contributed by atoms with E-state index in [2.05, 4.69) is 55.5 Å². The fourth-order valence-electron chi connectivity index (χ4n) is 5.01. The molecule has 42 heavy (non-hydrogen) atoms. The zero-order valence-corrected chi connectivity index (χ0v) is 26.2. The van der Waals surface area contributed by atoms with Gasteiger partial charge < -0.3 is 35.3 Å². The molecule has 1 aromatic carbocycles. The van der Waals surface area contributed by atoms with Crippen LogP contribution in [0, 0.1) is 5.82 Å². The number of fused-ring (bicyclic) bond motifs is 1. The van der Waals surface area contributed by atoms with E-state index in [0.29, 0.717) is 27.3 Å². The van der Waals surface area contributed by atoms with Crippen LogP contribution in [0.4, 0.5) is 21.1 Å². The van der Waals surface area contributed by atoms with Crippen molar-refractivity contribution in [2.75, 3.05) is 50.9 Å². The number of alkyl carbamates (subject to hydrolysis) is 1. The minimum atomic E-state index is -0.476. The van der Waals surface area contributed by atoms with Crippen molar-refractivity contribution < 1.29 is 19.0 Å². The van der Waals surface area contributed by atoms with Crippen LogP contribution in [0.1, 0.15) is 59.4 Å². The number of nitrogen functional groups attached to an aromatic ring is 1. The van der Waals surface area contributed by atoms with Crippen molar-refractivity contribution in [2.24, 2.45) is 0 Å². The van der Waals surface area contributed by atoms with Gasteiger partial charge in [0.05, 0.1) is 28.5 Å². The van der Waals surface area contributed by atoms with Gasteiger partial charge in [-0.2, -0.15) is 0 Å². The predicted octanol–water partition coefficient (Wildman–Crippen LogP) is 4.87. The number of carbonyl (C=O) groups is 1. The number of ether oxygens (including phenoxy) is 1. The van der Waals surface area contributed by atoms with Crippen molar-refractivity contribution in [2.45, 2.75) is 71.6 Å². The van der Waals surface area contributed by atoms with E-state index in [-0.39, 0.29) is 18.1 Å². The number of aliphatic hydroxyl groups is 1. The lowest BCUT2D eigenvalue weighted by atomic mass is 9.95. The zero-order chi connectivity index (χ0) is 31.0. The number of aliphatic hydroxyl groups excluding tert-OH is 1. The summed E-state index contributed by atoms with van der Waals surface area (Å²) in [6.45, 7) is 11.8. The van der Waals surface area contributed by atoms with Gasteiger partial charge in [0.1, 0.15) is 11.6 Å². The summed E-state index contributed by atoms with van der Waals surface area (Å²) in [4.78, 5) is 28.0. The van der Waals surface area contributed by atoms with E-state index >= 15 is 4.39 Å². The number of aromatic nitrogens is 4. The topological polar surface area (TPSA) is 135 Å². The molecule has 232 valence electrons. The van der Waals surface area contributed by atoms with Crippen molar-refractivity contribution in [1.82, 2.24) is 29.7 Å². The van der Waals surface area contributed by atoms with Crippen LogP contribution >= 0.6 is 11.6 Å². The van der Waals surface area contributed by atoms with E-state index in [1.807, 2.05) is 19.9 Å². The molecular weight excluding hydrogens is 563 g/mol. The number of rotatable bonds is 4. The molecule has 1 aliphatic heterocycles. The molecule has 2 aromatic heterocycles. The molecule has 3 aromatic rings. The summed E-state index contributed by atoms with van der Waals surface area (Å²) in [7, 11) is 3.61. The molecule has 2 fully saturated rings. The number of anilines is 2. The molecule has 11 nitrogen and oxygen atoms in total. The first-order valence-corrected chi connectivity index (χ1v) is 15.0. The van der Waals surface area contributed by atoms with E-state index in [4.69, 9.17) is 22.1 Å². The van der Waals surface area contributed by atoms with Gasteiger partial charge in [0.15, 0.2) is 5.82 Å². The van der Waals surface area contributed by atoms with Crippen molar-refractivity contribution in [3.8, 4) is 11.3 Å². The molecule has 4 N–H and O–H groups in total. The second kappa shape index (κ2) is 15.3. The number of nitrogens with one attached hydrogen (secondary N) is 1. The van der Waals surface area contributed by atoms with Crippen LogP contribution in [0.3, 0.4) is 0 Å². The summed E-state index contributed by atoms with van der Waals surface area (Å²) in [5, 5.41) is 12.1. The van der Waals surface area contributed by atoms with Crippen molar-refractivity contribution in [3.63, 3.8) is 0 Å². The minimum Gasteiger partial charge on any atom is -0.443 e. The highest BCUT2D eigenvalue weighted by molar-refractivity contribution is 6.33. The number of likely N-dealkylation sites (N-methyl/N-ethyl adjacent to an activating group) is 1. The van der Waals surface area contributed by atoms with Gasteiger partial charge in [-0.05, 0) is 52.3 Å².